The Morgan fingerprint density at radius 2 is 1.69 bits per heavy atom. The fourth-order valence-electron chi connectivity index (χ4n) is 3.20. The van der Waals surface area contributed by atoms with Crippen LogP contribution in [0.5, 0.6) is 5.75 Å². The first-order valence-electron chi connectivity index (χ1n) is 10.8. The van der Waals surface area contributed by atoms with Crippen LogP contribution in [0.1, 0.15) is 29.9 Å². The van der Waals surface area contributed by atoms with Gasteiger partial charge in [-0.25, -0.2) is 13.4 Å². The summed E-state index contributed by atoms with van der Waals surface area (Å²) >= 11 is 0. The van der Waals surface area contributed by atoms with Crippen LogP contribution in [-0.4, -0.2) is 38.1 Å². The van der Waals surface area contributed by atoms with E-state index in [-0.39, 0.29) is 33.8 Å². The number of amides is 1. The molecule has 0 aliphatic carbocycles. The van der Waals surface area contributed by atoms with E-state index in [0.29, 0.717) is 17.9 Å². The Labute approximate surface area is 206 Å². The van der Waals surface area contributed by atoms with Gasteiger partial charge in [0, 0.05) is 12.2 Å². The molecule has 4 N–H and O–H groups in total. The number of nitrogens with one attached hydrogen (secondary N) is 2. The zero-order chi connectivity index (χ0) is 26.5. The molecule has 1 unspecified atom stereocenters. The first-order valence-corrected chi connectivity index (χ1v) is 12.3. The fraction of sp³-hybridized carbons (Fsp3) is 0.250. The number of nitrogens with two attached hydrogens (primary N) is 1. The summed E-state index contributed by atoms with van der Waals surface area (Å²) in [5.74, 6) is -0.0569. The summed E-state index contributed by atoms with van der Waals surface area (Å²) in [6.07, 6.45) is -4.24. The predicted octanol–water partition coefficient (Wildman–Crippen LogP) is 3.65. The van der Waals surface area contributed by atoms with Gasteiger partial charge in [-0.3, -0.25) is 10.1 Å². The average molecular weight is 523 g/mol. The Hall–Kier alpha value is -3.64. The predicted molar refractivity (Wildman–Crippen MR) is 127 cm³/mol. The van der Waals surface area contributed by atoms with Gasteiger partial charge in [0.1, 0.15) is 5.75 Å². The van der Waals surface area contributed by atoms with E-state index < -0.39 is 33.7 Å². The number of nitrogens with zero attached hydrogens (tertiary/aromatic N) is 1. The van der Waals surface area contributed by atoms with Crippen LogP contribution >= 0.6 is 0 Å². The molecule has 12 heteroatoms. The molecule has 3 rings (SSSR count). The van der Waals surface area contributed by atoms with Gasteiger partial charge < -0.3 is 15.8 Å². The lowest BCUT2D eigenvalue weighted by Crippen LogP contribution is -2.47. The van der Waals surface area contributed by atoms with E-state index in [1.54, 1.807) is 12.1 Å². The number of carbonyl (C=O) groups excluding carboxylic acids is 1. The molecule has 0 bridgehead atoms. The van der Waals surface area contributed by atoms with E-state index in [9.17, 15) is 26.4 Å². The Kier molecular flexibility index (Phi) is 8.21. The number of rotatable bonds is 9. The number of carbonyl (C=O) groups is 1. The van der Waals surface area contributed by atoms with E-state index in [2.05, 4.69) is 15.6 Å². The molecule has 0 spiro atoms. The lowest BCUT2D eigenvalue weighted by Gasteiger charge is -2.23. The van der Waals surface area contributed by atoms with Gasteiger partial charge in [-0.15, -0.1) is 0 Å². The summed E-state index contributed by atoms with van der Waals surface area (Å²) in [7, 11) is -4.21. The highest BCUT2D eigenvalue weighted by Gasteiger charge is 2.31. The molecule has 1 amide bonds. The topological polar surface area (TPSA) is 123 Å². The molecule has 0 aliphatic rings. The zero-order valence-corrected chi connectivity index (χ0v) is 20.2. The molecule has 1 aromatic heterocycles. The number of alkyl halides is 3. The van der Waals surface area contributed by atoms with Gasteiger partial charge in [-0.1, -0.05) is 18.2 Å². The second kappa shape index (κ2) is 11.0. The standard InChI is InChI=1S/C24H25F3N4O4S/c1-15(2)31-21(35-17-6-4-3-5-7-17)14-30-23(32)22-20(28)12-19(13-29-22)36(33,34)18-10-8-16(9-11-18)24(25,26)27/h3-13,15,21,31H,14,28H2,1-2H3,(H,30,32). The van der Waals surface area contributed by atoms with Gasteiger partial charge in [-0.05, 0) is 56.3 Å². The number of benzene rings is 2. The van der Waals surface area contributed by atoms with Crippen LogP contribution in [0.4, 0.5) is 18.9 Å². The maximum absolute atomic E-state index is 12.8. The number of nitrogen functional groups attached to an aromatic ring is 1. The van der Waals surface area contributed by atoms with E-state index in [0.717, 1.165) is 24.4 Å². The van der Waals surface area contributed by atoms with Gasteiger partial charge in [-0.2, -0.15) is 13.2 Å². The quantitative estimate of drug-likeness (QED) is 0.367. The van der Waals surface area contributed by atoms with Crippen LogP contribution in [-0.2, 0) is 16.0 Å². The van der Waals surface area contributed by atoms with E-state index >= 15 is 0 Å². The third-order valence-corrected chi connectivity index (χ3v) is 6.63. The van der Waals surface area contributed by atoms with Gasteiger partial charge in [0.15, 0.2) is 11.9 Å². The second-order valence-corrected chi connectivity index (χ2v) is 10.0. The number of para-hydroxylation sites is 1. The minimum atomic E-state index is -4.60. The SMILES string of the molecule is CC(C)NC(CNC(=O)c1ncc(S(=O)(=O)c2ccc(C(F)(F)F)cc2)cc1N)Oc1ccccc1. The average Bonchev–Trinajstić information content (AvgIpc) is 2.82. The van der Waals surface area contributed by atoms with Crippen molar-refractivity contribution >= 4 is 21.4 Å². The summed E-state index contributed by atoms with van der Waals surface area (Å²) in [5.41, 5.74) is 4.51. The molecule has 2 aromatic carbocycles. The highest BCUT2D eigenvalue weighted by molar-refractivity contribution is 7.91. The molecule has 0 radical (unpaired) electrons. The monoisotopic (exact) mass is 522 g/mol. The number of aromatic nitrogens is 1. The maximum Gasteiger partial charge on any atom is 0.416 e. The van der Waals surface area contributed by atoms with Crippen molar-refractivity contribution in [3.63, 3.8) is 0 Å². The van der Waals surface area contributed by atoms with Crippen molar-refractivity contribution in [3.05, 3.63) is 78.1 Å². The largest absolute Gasteiger partial charge is 0.473 e. The summed E-state index contributed by atoms with van der Waals surface area (Å²) in [5, 5.41) is 5.82. The van der Waals surface area contributed by atoms with Crippen molar-refractivity contribution in [2.75, 3.05) is 12.3 Å². The Morgan fingerprint density at radius 1 is 1.06 bits per heavy atom. The summed E-state index contributed by atoms with van der Waals surface area (Å²) in [6.45, 7) is 3.88. The molecular formula is C24H25F3N4O4S. The molecule has 8 nitrogen and oxygen atoms in total. The molecule has 192 valence electrons. The molecule has 0 saturated heterocycles. The van der Waals surface area contributed by atoms with Crippen LogP contribution in [0.3, 0.4) is 0 Å². The van der Waals surface area contributed by atoms with E-state index in [1.165, 1.54) is 0 Å². The van der Waals surface area contributed by atoms with E-state index in [4.69, 9.17) is 10.5 Å². The summed E-state index contributed by atoms with van der Waals surface area (Å²) in [4.78, 5) is 15.8. The van der Waals surface area contributed by atoms with Crippen molar-refractivity contribution in [2.45, 2.75) is 42.1 Å². The lowest BCUT2D eigenvalue weighted by molar-refractivity contribution is -0.137. The van der Waals surface area contributed by atoms with Crippen LogP contribution in [0, 0.1) is 0 Å². The molecule has 0 aliphatic heterocycles. The molecule has 0 saturated carbocycles. The van der Waals surface area contributed by atoms with Crippen LogP contribution < -0.4 is 21.1 Å². The fourth-order valence-corrected chi connectivity index (χ4v) is 4.44. The molecule has 1 heterocycles. The van der Waals surface area contributed by atoms with Gasteiger partial charge in [0.25, 0.3) is 5.91 Å². The number of pyridine rings is 1. The van der Waals surface area contributed by atoms with Crippen molar-refractivity contribution in [1.82, 2.24) is 15.6 Å². The minimum Gasteiger partial charge on any atom is -0.473 e. The van der Waals surface area contributed by atoms with Gasteiger partial charge in [0.2, 0.25) is 9.84 Å². The van der Waals surface area contributed by atoms with Crippen molar-refractivity contribution in [2.24, 2.45) is 0 Å². The lowest BCUT2D eigenvalue weighted by atomic mass is 10.2. The smallest absolute Gasteiger partial charge is 0.416 e. The molecule has 36 heavy (non-hydrogen) atoms. The van der Waals surface area contributed by atoms with Crippen LogP contribution in [0.25, 0.3) is 0 Å². The normalized spacial score (nSPS) is 12.8. The van der Waals surface area contributed by atoms with Gasteiger partial charge in [0.05, 0.1) is 27.6 Å². The third-order valence-electron chi connectivity index (χ3n) is 4.90. The Morgan fingerprint density at radius 3 is 2.25 bits per heavy atom. The molecule has 0 fully saturated rings. The number of anilines is 1. The second-order valence-electron chi connectivity index (χ2n) is 8.09. The number of halogens is 3. The first-order chi connectivity index (χ1) is 16.9. The van der Waals surface area contributed by atoms with Gasteiger partial charge >= 0.3 is 6.18 Å². The number of ether oxygens (including phenoxy) is 1. The highest BCUT2D eigenvalue weighted by atomic mass is 32.2. The summed E-state index contributed by atoms with van der Waals surface area (Å²) < 4.78 is 69.8. The minimum absolute atomic E-state index is 0.0495. The molecular weight excluding hydrogens is 497 g/mol. The van der Waals surface area contributed by atoms with Crippen LogP contribution in [0.2, 0.25) is 0 Å². The number of hydrogen-bond acceptors (Lipinski definition) is 7. The van der Waals surface area contributed by atoms with Crippen LogP contribution in [0.15, 0.2) is 76.7 Å². The third kappa shape index (κ3) is 6.73. The van der Waals surface area contributed by atoms with Crippen molar-refractivity contribution < 1.29 is 31.1 Å². The Bertz CT molecular complexity index is 1300. The highest BCUT2D eigenvalue weighted by Crippen LogP contribution is 2.31. The van der Waals surface area contributed by atoms with E-state index in [1.807, 2.05) is 32.0 Å². The Balaban J connectivity index is 1.73. The first kappa shape index (κ1) is 27.0. The number of hydrogen-bond donors (Lipinski definition) is 3. The van der Waals surface area contributed by atoms with Crippen molar-refractivity contribution in [3.8, 4) is 5.75 Å². The summed E-state index contributed by atoms with van der Waals surface area (Å²) in [6, 6.07) is 13.1. The number of sulfone groups is 1. The van der Waals surface area contributed by atoms with Crippen molar-refractivity contribution in [1.29, 1.82) is 0 Å². The zero-order valence-electron chi connectivity index (χ0n) is 19.4. The maximum atomic E-state index is 12.8. The molecule has 1 atom stereocenters. The molecule has 3 aromatic rings.